The van der Waals surface area contributed by atoms with Crippen molar-refractivity contribution in [2.24, 2.45) is 0 Å². The monoisotopic (exact) mass is 280 g/mol. The summed E-state index contributed by atoms with van der Waals surface area (Å²) in [5.41, 5.74) is -0.162. The minimum absolute atomic E-state index is 0.0246. The highest BCUT2D eigenvalue weighted by Crippen LogP contribution is 2.32. The molecule has 1 heterocycles. The molecule has 1 unspecified atom stereocenters. The molecule has 8 nitrogen and oxygen atoms in total. The molecule has 0 amide bonds. The van der Waals surface area contributed by atoms with Gasteiger partial charge in [-0.3, -0.25) is 19.6 Å². The molecule has 0 saturated carbocycles. The molecule has 1 rings (SSSR count). The van der Waals surface area contributed by atoms with E-state index in [1.165, 1.54) is 11.6 Å². The number of carbonyl (C=O) groups is 1. The van der Waals surface area contributed by atoms with Gasteiger partial charge in [0.25, 0.3) is 0 Å². The SMILES string of the molecule is CCOC(=O)C(C#N)c1c([N+](=O)[O-])c(C)nn1C(C)C. The normalized spacial score (nSPS) is 12.0. The lowest BCUT2D eigenvalue weighted by atomic mass is 10.0. The van der Waals surface area contributed by atoms with Crippen LogP contribution < -0.4 is 0 Å². The molecule has 0 N–H and O–H groups in total. The second-order valence-corrected chi connectivity index (χ2v) is 4.43. The molecule has 0 bridgehead atoms. The molecule has 0 aliphatic carbocycles. The van der Waals surface area contributed by atoms with Crippen LogP contribution in [0.4, 0.5) is 5.69 Å². The van der Waals surface area contributed by atoms with Gasteiger partial charge in [0.1, 0.15) is 11.4 Å². The fourth-order valence-corrected chi connectivity index (χ4v) is 1.90. The Kier molecular flexibility index (Phi) is 4.80. The summed E-state index contributed by atoms with van der Waals surface area (Å²) in [6, 6.07) is 1.55. The van der Waals surface area contributed by atoms with Crippen molar-refractivity contribution < 1.29 is 14.5 Å². The lowest BCUT2D eigenvalue weighted by Gasteiger charge is -2.13. The fraction of sp³-hybridized carbons (Fsp3) is 0.583. The van der Waals surface area contributed by atoms with E-state index in [0.29, 0.717) is 0 Å². The maximum atomic E-state index is 11.8. The molecule has 0 spiro atoms. The van der Waals surface area contributed by atoms with E-state index in [9.17, 15) is 20.2 Å². The smallest absolute Gasteiger partial charge is 0.329 e. The highest BCUT2D eigenvalue weighted by molar-refractivity contribution is 5.82. The predicted octanol–water partition coefficient (Wildman–Crippen LogP) is 1.85. The van der Waals surface area contributed by atoms with Gasteiger partial charge < -0.3 is 4.74 Å². The largest absolute Gasteiger partial charge is 0.465 e. The van der Waals surface area contributed by atoms with Crippen molar-refractivity contribution in [1.29, 1.82) is 5.26 Å². The minimum atomic E-state index is -1.36. The highest BCUT2D eigenvalue weighted by atomic mass is 16.6. The lowest BCUT2D eigenvalue weighted by molar-refractivity contribution is -0.386. The number of nitriles is 1. The van der Waals surface area contributed by atoms with Crippen molar-refractivity contribution in [3.63, 3.8) is 0 Å². The Morgan fingerprint density at radius 3 is 2.60 bits per heavy atom. The molecule has 0 aliphatic heterocycles. The van der Waals surface area contributed by atoms with Gasteiger partial charge in [0.15, 0.2) is 5.92 Å². The first kappa shape index (κ1) is 15.6. The summed E-state index contributed by atoms with van der Waals surface area (Å²) in [7, 11) is 0. The number of aryl methyl sites for hydroxylation is 1. The van der Waals surface area contributed by atoms with E-state index < -0.39 is 16.8 Å². The van der Waals surface area contributed by atoms with Gasteiger partial charge in [-0.15, -0.1) is 0 Å². The average Bonchev–Trinajstić information content (AvgIpc) is 2.68. The van der Waals surface area contributed by atoms with Gasteiger partial charge in [0, 0.05) is 6.04 Å². The fourth-order valence-electron chi connectivity index (χ4n) is 1.90. The van der Waals surface area contributed by atoms with Gasteiger partial charge in [0.05, 0.1) is 17.6 Å². The molecule has 108 valence electrons. The van der Waals surface area contributed by atoms with Crippen molar-refractivity contribution in [2.45, 2.75) is 39.7 Å². The zero-order valence-corrected chi connectivity index (χ0v) is 11.8. The number of rotatable bonds is 5. The van der Waals surface area contributed by atoms with Crippen molar-refractivity contribution in [3.05, 3.63) is 21.5 Å². The van der Waals surface area contributed by atoms with Crippen LogP contribution in [0.15, 0.2) is 0 Å². The zero-order chi connectivity index (χ0) is 15.4. The third kappa shape index (κ3) is 2.77. The quantitative estimate of drug-likeness (QED) is 0.462. The first-order valence-electron chi connectivity index (χ1n) is 6.14. The molecule has 0 aliphatic rings. The molecule has 1 atom stereocenters. The Morgan fingerprint density at radius 2 is 2.20 bits per heavy atom. The molecule has 20 heavy (non-hydrogen) atoms. The maximum Gasteiger partial charge on any atom is 0.329 e. The number of aromatic nitrogens is 2. The van der Waals surface area contributed by atoms with Gasteiger partial charge in [-0.25, -0.2) is 0 Å². The van der Waals surface area contributed by atoms with Crippen LogP contribution in [0, 0.1) is 28.4 Å². The van der Waals surface area contributed by atoms with Crippen molar-refractivity contribution in [2.75, 3.05) is 6.61 Å². The minimum Gasteiger partial charge on any atom is -0.465 e. The van der Waals surface area contributed by atoms with Gasteiger partial charge in [-0.1, -0.05) is 0 Å². The summed E-state index contributed by atoms with van der Waals surface area (Å²) in [6.07, 6.45) is 0. The summed E-state index contributed by atoms with van der Waals surface area (Å²) in [5.74, 6) is -2.17. The van der Waals surface area contributed by atoms with Crippen LogP contribution >= 0.6 is 0 Å². The van der Waals surface area contributed by atoms with E-state index in [2.05, 4.69) is 5.10 Å². The Morgan fingerprint density at radius 1 is 1.60 bits per heavy atom. The maximum absolute atomic E-state index is 11.8. The molecular formula is C12H16N4O4. The van der Waals surface area contributed by atoms with Gasteiger partial charge in [0.2, 0.25) is 0 Å². The van der Waals surface area contributed by atoms with E-state index in [1.807, 2.05) is 0 Å². The Labute approximate surface area is 116 Å². The van der Waals surface area contributed by atoms with Crippen molar-refractivity contribution >= 4 is 11.7 Å². The summed E-state index contributed by atoms with van der Waals surface area (Å²) in [6.45, 7) is 6.70. The third-order valence-corrected chi connectivity index (χ3v) is 2.69. The highest BCUT2D eigenvalue weighted by Gasteiger charge is 2.37. The van der Waals surface area contributed by atoms with Crippen LogP contribution in [-0.4, -0.2) is 27.3 Å². The topological polar surface area (TPSA) is 111 Å². The molecular weight excluding hydrogens is 264 g/mol. The number of ether oxygens (including phenoxy) is 1. The number of esters is 1. The van der Waals surface area contributed by atoms with Gasteiger partial charge >= 0.3 is 11.7 Å². The Balaban J connectivity index is 3.50. The molecule has 1 aromatic heterocycles. The van der Waals surface area contributed by atoms with Crippen LogP contribution in [0.1, 0.15) is 44.1 Å². The second kappa shape index (κ2) is 6.14. The van der Waals surface area contributed by atoms with Crippen molar-refractivity contribution in [1.82, 2.24) is 9.78 Å². The number of hydrogen-bond acceptors (Lipinski definition) is 6. The summed E-state index contributed by atoms with van der Waals surface area (Å²) < 4.78 is 6.13. The molecule has 0 saturated heterocycles. The van der Waals surface area contributed by atoms with Gasteiger partial charge in [-0.05, 0) is 27.7 Å². The van der Waals surface area contributed by atoms with Crippen molar-refractivity contribution in [3.8, 4) is 6.07 Å². The molecule has 1 aromatic rings. The summed E-state index contributed by atoms with van der Waals surface area (Å²) in [5, 5.41) is 24.4. The van der Waals surface area contributed by atoms with E-state index in [1.54, 1.807) is 26.8 Å². The third-order valence-electron chi connectivity index (χ3n) is 2.69. The van der Waals surface area contributed by atoms with Crippen LogP contribution in [0.2, 0.25) is 0 Å². The number of nitro groups is 1. The number of hydrogen-bond donors (Lipinski definition) is 0. The molecule has 8 heteroatoms. The van der Waals surface area contributed by atoms with Crippen LogP contribution in [0.3, 0.4) is 0 Å². The average molecular weight is 280 g/mol. The van der Waals surface area contributed by atoms with E-state index in [4.69, 9.17) is 4.74 Å². The lowest BCUT2D eigenvalue weighted by Crippen LogP contribution is -2.20. The zero-order valence-electron chi connectivity index (χ0n) is 11.8. The standard InChI is InChI=1S/C12H16N4O4/c1-5-20-12(17)9(6-13)11-10(16(18)19)8(4)14-15(11)7(2)3/h7,9H,5H2,1-4H3. The Bertz CT molecular complexity index is 571. The first-order valence-corrected chi connectivity index (χ1v) is 6.14. The first-order chi connectivity index (χ1) is 9.34. The molecule has 0 fully saturated rings. The second-order valence-electron chi connectivity index (χ2n) is 4.43. The molecule has 0 radical (unpaired) electrons. The van der Waals surface area contributed by atoms with Gasteiger partial charge in [-0.2, -0.15) is 10.4 Å². The van der Waals surface area contributed by atoms with Crippen LogP contribution in [-0.2, 0) is 9.53 Å². The Hall–Kier alpha value is -2.43. The summed E-state index contributed by atoms with van der Waals surface area (Å²) in [4.78, 5) is 22.4. The summed E-state index contributed by atoms with van der Waals surface area (Å²) >= 11 is 0. The van der Waals surface area contributed by atoms with E-state index in [0.717, 1.165) is 0 Å². The van der Waals surface area contributed by atoms with E-state index in [-0.39, 0.29) is 29.7 Å². The molecule has 0 aromatic carbocycles. The van der Waals surface area contributed by atoms with E-state index >= 15 is 0 Å². The van der Waals surface area contributed by atoms with Crippen LogP contribution in [0.5, 0.6) is 0 Å². The van der Waals surface area contributed by atoms with Crippen LogP contribution in [0.25, 0.3) is 0 Å². The predicted molar refractivity (Wildman–Crippen MR) is 69.0 cm³/mol. The number of nitrogens with zero attached hydrogens (tertiary/aromatic N) is 4. The number of carbonyl (C=O) groups excluding carboxylic acids is 1.